The van der Waals surface area contributed by atoms with Crippen molar-refractivity contribution in [3.8, 4) is 0 Å². The van der Waals surface area contributed by atoms with Crippen LogP contribution in [0.25, 0.3) is 11.0 Å². The van der Waals surface area contributed by atoms with Gasteiger partial charge in [0.05, 0.1) is 17.6 Å². The van der Waals surface area contributed by atoms with E-state index in [1.165, 1.54) is 5.52 Å². The largest absolute Gasteiger partial charge is 0.355 e. The highest BCUT2D eigenvalue weighted by atomic mass is 16.1. The number of hydrogen-bond acceptors (Lipinski definition) is 3. The van der Waals surface area contributed by atoms with Crippen molar-refractivity contribution in [3.63, 3.8) is 0 Å². The van der Waals surface area contributed by atoms with E-state index in [2.05, 4.69) is 53.8 Å². The Kier molecular flexibility index (Phi) is 4.66. The molecule has 1 aliphatic heterocycles. The smallest absolute Gasteiger partial charge is 0.221 e. The summed E-state index contributed by atoms with van der Waals surface area (Å²) in [5.41, 5.74) is 2.26. The van der Waals surface area contributed by atoms with E-state index in [1.807, 2.05) is 6.07 Å². The van der Waals surface area contributed by atoms with Crippen molar-refractivity contribution in [1.29, 1.82) is 0 Å². The number of rotatable bonds is 4. The number of amides is 1. The summed E-state index contributed by atoms with van der Waals surface area (Å²) in [5.74, 6) is 1.81. The van der Waals surface area contributed by atoms with Gasteiger partial charge >= 0.3 is 0 Å². The molecule has 1 N–H and O–H groups in total. The van der Waals surface area contributed by atoms with Crippen LogP contribution in [-0.2, 0) is 17.9 Å². The fraction of sp³-hybridized carbons (Fsp3) is 0.556. The Morgan fingerprint density at radius 1 is 1.35 bits per heavy atom. The van der Waals surface area contributed by atoms with E-state index in [0.717, 1.165) is 31.0 Å². The highest BCUT2D eigenvalue weighted by Crippen LogP contribution is 2.20. The summed E-state index contributed by atoms with van der Waals surface area (Å²) in [6.45, 7) is 9.89. The summed E-state index contributed by atoms with van der Waals surface area (Å²) < 4.78 is 2.34. The van der Waals surface area contributed by atoms with Gasteiger partial charge in [-0.15, -0.1) is 0 Å². The number of carbonyl (C=O) groups excluding carboxylic acids is 1. The third-order valence-corrected chi connectivity index (χ3v) is 4.47. The minimum atomic E-state index is 0.148. The maximum atomic E-state index is 11.6. The maximum absolute atomic E-state index is 11.6. The molecule has 1 aliphatic rings. The van der Waals surface area contributed by atoms with E-state index in [-0.39, 0.29) is 5.91 Å². The molecular formula is C18H26N4O. The Hall–Kier alpha value is -1.88. The number of hydrogen-bond donors (Lipinski definition) is 1. The molecule has 1 aromatic heterocycles. The summed E-state index contributed by atoms with van der Waals surface area (Å²) in [4.78, 5) is 18.8. The first-order chi connectivity index (χ1) is 11.0. The van der Waals surface area contributed by atoms with Gasteiger partial charge in [0.25, 0.3) is 0 Å². The molecule has 1 aromatic carbocycles. The van der Waals surface area contributed by atoms with E-state index in [1.54, 1.807) is 0 Å². The van der Waals surface area contributed by atoms with Crippen molar-refractivity contribution < 1.29 is 4.79 Å². The first kappa shape index (κ1) is 16.0. The molecule has 5 heteroatoms. The average Bonchev–Trinajstić information content (AvgIpc) is 2.77. The SMILES string of the molecule is CC(C)Cn1c(CN2CCC(=O)NC[C@@H]2C)nc2ccccc21. The lowest BCUT2D eigenvalue weighted by Crippen LogP contribution is -2.37. The highest BCUT2D eigenvalue weighted by molar-refractivity contribution is 5.76. The van der Waals surface area contributed by atoms with E-state index in [9.17, 15) is 4.79 Å². The van der Waals surface area contributed by atoms with Crippen molar-refractivity contribution in [1.82, 2.24) is 19.8 Å². The average molecular weight is 314 g/mol. The Morgan fingerprint density at radius 3 is 2.91 bits per heavy atom. The number of nitrogens with zero attached hydrogens (tertiary/aromatic N) is 3. The molecule has 1 atom stereocenters. The van der Waals surface area contributed by atoms with Crippen LogP contribution in [0, 0.1) is 5.92 Å². The molecule has 0 bridgehead atoms. The third kappa shape index (κ3) is 3.55. The first-order valence-electron chi connectivity index (χ1n) is 8.49. The normalized spacial score (nSPS) is 20.0. The Morgan fingerprint density at radius 2 is 2.13 bits per heavy atom. The lowest BCUT2D eigenvalue weighted by molar-refractivity contribution is -0.120. The predicted octanol–water partition coefficient (Wildman–Crippen LogP) is 2.40. The van der Waals surface area contributed by atoms with Gasteiger partial charge in [0.1, 0.15) is 5.82 Å². The van der Waals surface area contributed by atoms with Crippen LogP contribution in [0.3, 0.4) is 0 Å². The van der Waals surface area contributed by atoms with E-state index >= 15 is 0 Å². The van der Waals surface area contributed by atoms with Crippen molar-refractivity contribution in [3.05, 3.63) is 30.1 Å². The summed E-state index contributed by atoms with van der Waals surface area (Å²) in [6.07, 6.45) is 0.564. The quantitative estimate of drug-likeness (QED) is 0.943. The van der Waals surface area contributed by atoms with Crippen molar-refractivity contribution in [2.75, 3.05) is 13.1 Å². The maximum Gasteiger partial charge on any atom is 0.221 e. The molecule has 23 heavy (non-hydrogen) atoms. The fourth-order valence-electron chi connectivity index (χ4n) is 3.18. The Bertz CT molecular complexity index is 691. The second kappa shape index (κ2) is 6.71. The van der Waals surface area contributed by atoms with Crippen LogP contribution >= 0.6 is 0 Å². The second-order valence-electron chi connectivity index (χ2n) is 6.89. The topological polar surface area (TPSA) is 50.2 Å². The lowest BCUT2D eigenvalue weighted by atomic mass is 10.2. The van der Waals surface area contributed by atoms with Crippen molar-refractivity contribution in [2.24, 2.45) is 5.92 Å². The van der Waals surface area contributed by atoms with Crippen LogP contribution in [0.2, 0.25) is 0 Å². The zero-order valence-electron chi connectivity index (χ0n) is 14.2. The van der Waals surface area contributed by atoms with Crippen molar-refractivity contribution in [2.45, 2.75) is 46.3 Å². The molecule has 0 saturated carbocycles. The molecular weight excluding hydrogens is 288 g/mol. The van der Waals surface area contributed by atoms with Gasteiger partial charge in [-0.2, -0.15) is 0 Å². The van der Waals surface area contributed by atoms with Gasteiger partial charge in [-0.1, -0.05) is 26.0 Å². The monoisotopic (exact) mass is 314 g/mol. The minimum Gasteiger partial charge on any atom is -0.355 e. The van der Waals surface area contributed by atoms with Gasteiger partial charge in [0.15, 0.2) is 0 Å². The van der Waals surface area contributed by atoms with Gasteiger partial charge in [-0.05, 0) is 25.0 Å². The van der Waals surface area contributed by atoms with Crippen molar-refractivity contribution >= 4 is 16.9 Å². The van der Waals surface area contributed by atoms with E-state index in [0.29, 0.717) is 24.9 Å². The van der Waals surface area contributed by atoms with Crippen LogP contribution in [0.5, 0.6) is 0 Å². The summed E-state index contributed by atoms with van der Waals surface area (Å²) >= 11 is 0. The van der Waals surface area contributed by atoms with Gasteiger partial charge in [0.2, 0.25) is 5.91 Å². The van der Waals surface area contributed by atoms with Gasteiger partial charge in [-0.3, -0.25) is 9.69 Å². The third-order valence-electron chi connectivity index (χ3n) is 4.47. The highest BCUT2D eigenvalue weighted by Gasteiger charge is 2.22. The van der Waals surface area contributed by atoms with Crippen LogP contribution < -0.4 is 5.32 Å². The number of nitrogens with one attached hydrogen (secondary N) is 1. The molecule has 0 spiro atoms. The summed E-state index contributed by atoms with van der Waals surface area (Å²) in [5, 5.41) is 2.98. The fourth-order valence-corrected chi connectivity index (χ4v) is 3.18. The number of fused-ring (bicyclic) bond motifs is 1. The van der Waals surface area contributed by atoms with Crippen LogP contribution in [0.4, 0.5) is 0 Å². The number of para-hydroxylation sites is 2. The molecule has 2 heterocycles. The lowest BCUT2D eigenvalue weighted by Gasteiger charge is -2.26. The van der Waals surface area contributed by atoms with E-state index in [4.69, 9.17) is 4.98 Å². The number of benzene rings is 1. The molecule has 1 fully saturated rings. The molecule has 3 rings (SSSR count). The molecule has 124 valence electrons. The molecule has 0 radical (unpaired) electrons. The standard InChI is InChI=1S/C18H26N4O/c1-13(2)11-22-16-7-5-4-6-15(16)20-17(22)12-21-9-8-18(23)19-10-14(21)3/h4-7,13-14H,8-12H2,1-3H3,(H,19,23)/t14-/m0/s1. The zero-order chi connectivity index (χ0) is 16.4. The molecule has 0 aliphatic carbocycles. The number of aromatic nitrogens is 2. The van der Waals surface area contributed by atoms with Gasteiger partial charge < -0.3 is 9.88 Å². The molecule has 0 unspecified atom stereocenters. The molecule has 2 aromatic rings. The Balaban J connectivity index is 1.90. The second-order valence-corrected chi connectivity index (χ2v) is 6.89. The molecule has 1 amide bonds. The van der Waals surface area contributed by atoms with Gasteiger partial charge in [0, 0.05) is 32.1 Å². The van der Waals surface area contributed by atoms with Crippen LogP contribution in [-0.4, -0.2) is 39.5 Å². The molecule has 5 nitrogen and oxygen atoms in total. The summed E-state index contributed by atoms with van der Waals surface area (Å²) in [7, 11) is 0. The van der Waals surface area contributed by atoms with Crippen LogP contribution in [0.15, 0.2) is 24.3 Å². The van der Waals surface area contributed by atoms with Crippen LogP contribution in [0.1, 0.15) is 33.0 Å². The minimum absolute atomic E-state index is 0.148. The number of imidazole rings is 1. The zero-order valence-corrected chi connectivity index (χ0v) is 14.2. The predicted molar refractivity (Wildman–Crippen MR) is 92.1 cm³/mol. The summed E-state index contributed by atoms with van der Waals surface area (Å²) in [6, 6.07) is 8.66. The first-order valence-corrected chi connectivity index (χ1v) is 8.49. The van der Waals surface area contributed by atoms with E-state index < -0.39 is 0 Å². The Labute approximate surface area is 137 Å². The van der Waals surface area contributed by atoms with Gasteiger partial charge in [-0.25, -0.2) is 4.98 Å². The molecule has 1 saturated heterocycles. The number of carbonyl (C=O) groups is 1.